The van der Waals surface area contributed by atoms with E-state index in [1.54, 1.807) is 13.2 Å². The van der Waals surface area contributed by atoms with Gasteiger partial charge in [-0.05, 0) is 20.4 Å². The summed E-state index contributed by atoms with van der Waals surface area (Å²) in [5, 5.41) is 3.27. The van der Waals surface area contributed by atoms with E-state index in [9.17, 15) is 0 Å². The van der Waals surface area contributed by atoms with Gasteiger partial charge in [0.2, 0.25) is 0 Å². The van der Waals surface area contributed by atoms with Gasteiger partial charge in [-0.1, -0.05) is 6.92 Å². The van der Waals surface area contributed by atoms with Crippen molar-refractivity contribution in [2.75, 3.05) is 38.3 Å². The molecule has 0 aliphatic carbocycles. The summed E-state index contributed by atoms with van der Waals surface area (Å²) in [4.78, 5) is 10.8. The number of methoxy groups -OCH3 is 1. The fraction of sp³-hybridized carbons (Fsp3) is 0.692. The Labute approximate surface area is 115 Å². The average molecular weight is 267 g/mol. The van der Waals surface area contributed by atoms with Crippen molar-refractivity contribution in [2.45, 2.75) is 32.9 Å². The Balaban J connectivity index is 2.48. The van der Waals surface area contributed by atoms with E-state index in [2.05, 4.69) is 41.1 Å². The average Bonchev–Trinajstić information content (AvgIpc) is 2.37. The molecule has 6 nitrogen and oxygen atoms in total. The standard InChI is InChI=1S/C13H25N5O/c1-5-10(2)18(3)7-6-15-12-8-11(14)16-13(17-12)9-19-4/h8,10H,5-7,9H2,1-4H3,(H3,14,15,16,17). The van der Waals surface area contributed by atoms with Crippen molar-refractivity contribution in [1.29, 1.82) is 0 Å². The third-order valence-corrected chi connectivity index (χ3v) is 3.18. The first kappa shape index (κ1) is 15.7. The van der Waals surface area contributed by atoms with E-state index in [0.29, 0.717) is 24.3 Å². The third kappa shape index (κ3) is 5.40. The van der Waals surface area contributed by atoms with E-state index in [-0.39, 0.29) is 0 Å². The first-order valence-electron chi connectivity index (χ1n) is 6.63. The minimum Gasteiger partial charge on any atom is -0.384 e. The second kappa shape index (κ2) is 7.91. The Kier molecular flexibility index (Phi) is 6.52. The zero-order valence-electron chi connectivity index (χ0n) is 12.3. The summed E-state index contributed by atoms with van der Waals surface area (Å²) in [5.74, 6) is 1.80. The largest absolute Gasteiger partial charge is 0.384 e. The van der Waals surface area contributed by atoms with Gasteiger partial charge in [-0.15, -0.1) is 0 Å². The van der Waals surface area contributed by atoms with E-state index >= 15 is 0 Å². The van der Waals surface area contributed by atoms with Crippen molar-refractivity contribution in [3.63, 3.8) is 0 Å². The van der Waals surface area contributed by atoms with Gasteiger partial charge in [0.1, 0.15) is 18.2 Å². The molecule has 3 N–H and O–H groups in total. The van der Waals surface area contributed by atoms with Crippen LogP contribution in [0, 0.1) is 0 Å². The number of nitrogens with one attached hydrogen (secondary N) is 1. The highest BCUT2D eigenvalue weighted by molar-refractivity contribution is 5.44. The van der Waals surface area contributed by atoms with Gasteiger partial charge in [0, 0.05) is 32.3 Å². The van der Waals surface area contributed by atoms with Crippen LogP contribution >= 0.6 is 0 Å². The summed E-state index contributed by atoms with van der Waals surface area (Å²) in [5.41, 5.74) is 5.73. The highest BCUT2D eigenvalue weighted by Gasteiger charge is 2.06. The smallest absolute Gasteiger partial charge is 0.158 e. The predicted octanol–water partition coefficient (Wildman–Crippen LogP) is 1.35. The van der Waals surface area contributed by atoms with Crippen molar-refractivity contribution in [1.82, 2.24) is 14.9 Å². The van der Waals surface area contributed by atoms with Gasteiger partial charge in [-0.25, -0.2) is 9.97 Å². The lowest BCUT2D eigenvalue weighted by Gasteiger charge is -2.23. The molecule has 1 atom stereocenters. The van der Waals surface area contributed by atoms with Gasteiger partial charge in [0.25, 0.3) is 0 Å². The normalized spacial score (nSPS) is 12.7. The fourth-order valence-corrected chi connectivity index (χ4v) is 1.69. The lowest BCUT2D eigenvalue weighted by atomic mass is 10.2. The van der Waals surface area contributed by atoms with Crippen LogP contribution in [0.25, 0.3) is 0 Å². The Morgan fingerprint density at radius 3 is 2.84 bits per heavy atom. The topological polar surface area (TPSA) is 76.3 Å². The van der Waals surface area contributed by atoms with Crippen LogP contribution in [0.1, 0.15) is 26.1 Å². The molecule has 6 heteroatoms. The minimum atomic E-state index is 0.368. The Morgan fingerprint density at radius 1 is 1.47 bits per heavy atom. The molecular formula is C13H25N5O. The molecule has 1 unspecified atom stereocenters. The second-order valence-electron chi connectivity index (χ2n) is 4.69. The van der Waals surface area contributed by atoms with Crippen molar-refractivity contribution in [3.05, 3.63) is 11.9 Å². The lowest BCUT2D eigenvalue weighted by Crippen LogP contribution is -2.32. The predicted molar refractivity (Wildman–Crippen MR) is 78.0 cm³/mol. The van der Waals surface area contributed by atoms with Crippen LogP contribution in [0.15, 0.2) is 6.07 Å². The van der Waals surface area contributed by atoms with Crippen molar-refractivity contribution in [2.24, 2.45) is 0 Å². The first-order chi connectivity index (χ1) is 9.06. The molecule has 1 heterocycles. The Morgan fingerprint density at radius 2 is 2.21 bits per heavy atom. The lowest BCUT2D eigenvalue weighted by molar-refractivity contribution is 0.178. The number of aromatic nitrogens is 2. The maximum Gasteiger partial charge on any atom is 0.158 e. The number of hydrogen-bond donors (Lipinski definition) is 2. The van der Waals surface area contributed by atoms with Gasteiger partial charge in [-0.2, -0.15) is 0 Å². The molecule has 0 bridgehead atoms. The highest BCUT2D eigenvalue weighted by atomic mass is 16.5. The Bertz CT molecular complexity index is 385. The van der Waals surface area contributed by atoms with Crippen molar-refractivity contribution < 1.29 is 4.74 Å². The molecule has 108 valence electrons. The van der Waals surface area contributed by atoms with E-state index < -0.39 is 0 Å². The minimum absolute atomic E-state index is 0.368. The van der Waals surface area contributed by atoms with Crippen LogP contribution in [0.4, 0.5) is 11.6 Å². The van der Waals surface area contributed by atoms with E-state index in [0.717, 1.165) is 25.3 Å². The van der Waals surface area contributed by atoms with E-state index in [1.807, 2.05) is 0 Å². The number of hydrogen-bond acceptors (Lipinski definition) is 6. The number of nitrogens with zero attached hydrogens (tertiary/aromatic N) is 3. The molecule has 1 aromatic heterocycles. The molecule has 0 aliphatic rings. The van der Waals surface area contributed by atoms with Crippen molar-refractivity contribution >= 4 is 11.6 Å². The maximum absolute atomic E-state index is 5.73. The molecule has 1 aromatic rings. The number of anilines is 2. The van der Waals surface area contributed by atoms with Gasteiger partial charge >= 0.3 is 0 Å². The zero-order chi connectivity index (χ0) is 14.3. The number of nitrogen functional groups attached to an aromatic ring is 1. The maximum atomic E-state index is 5.73. The summed E-state index contributed by atoms with van der Waals surface area (Å²) >= 11 is 0. The highest BCUT2D eigenvalue weighted by Crippen LogP contribution is 2.09. The molecule has 0 radical (unpaired) electrons. The molecule has 0 saturated carbocycles. The molecule has 0 aromatic carbocycles. The van der Waals surface area contributed by atoms with E-state index in [4.69, 9.17) is 10.5 Å². The Hall–Kier alpha value is -1.40. The number of ether oxygens (including phenoxy) is 1. The summed E-state index contributed by atoms with van der Waals surface area (Å²) in [6.07, 6.45) is 1.15. The summed E-state index contributed by atoms with van der Waals surface area (Å²) in [6, 6.07) is 2.32. The summed E-state index contributed by atoms with van der Waals surface area (Å²) < 4.78 is 5.01. The number of likely N-dealkylation sites (N-methyl/N-ethyl adjacent to an activating group) is 1. The van der Waals surface area contributed by atoms with E-state index in [1.165, 1.54) is 0 Å². The molecule has 0 saturated heterocycles. The van der Waals surface area contributed by atoms with Gasteiger partial charge in [-0.3, -0.25) is 0 Å². The SMILES string of the molecule is CCC(C)N(C)CCNc1cc(N)nc(COC)n1. The first-order valence-corrected chi connectivity index (χ1v) is 6.63. The van der Waals surface area contributed by atoms with Gasteiger partial charge < -0.3 is 20.7 Å². The van der Waals surface area contributed by atoms with Gasteiger partial charge in [0.05, 0.1) is 0 Å². The molecule has 0 spiro atoms. The zero-order valence-corrected chi connectivity index (χ0v) is 12.3. The fourth-order valence-electron chi connectivity index (χ4n) is 1.69. The van der Waals surface area contributed by atoms with Crippen LogP contribution in [0.2, 0.25) is 0 Å². The second-order valence-corrected chi connectivity index (χ2v) is 4.69. The van der Waals surface area contributed by atoms with Crippen LogP contribution in [-0.4, -0.2) is 48.2 Å². The third-order valence-electron chi connectivity index (χ3n) is 3.18. The summed E-state index contributed by atoms with van der Waals surface area (Å²) in [7, 11) is 3.74. The molecule has 0 amide bonds. The van der Waals surface area contributed by atoms with Crippen molar-refractivity contribution in [3.8, 4) is 0 Å². The number of nitrogens with two attached hydrogens (primary N) is 1. The molecular weight excluding hydrogens is 242 g/mol. The number of rotatable bonds is 8. The molecule has 1 rings (SSSR count). The molecule has 0 fully saturated rings. The molecule has 19 heavy (non-hydrogen) atoms. The summed E-state index contributed by atoms with van der Waals surface area (Å²) in [6.45, 7) is 6.56. The van der Waals surface area contributed by atoms with Gasteiger partial charge in [0.15, 0.2) is 5.82 Å². The van der Waals surface area contributed by atoms with Crippen LogP contribution < -0.4 is 11.1 Å². The quantitative estimate of drug-likeness (QED) is 0.740. The monoisotopic (exact) mass is 267 g/mol. The van der Waals surface area contributed by atoms with Crippen LogP contribution in [0.5, 0.6) is 0 Å². The molecule has 0 aliphatic heterocycles. The van der Waals surface area contributed by atoms with Crippen LogP contribution in [-0.2, 0) is 11.3 Å². The van der Waals surface area contributed by atoms with Crippen LogP contribution in [0.3, 0.4) is 0 Å².